The van der Waals surface area contributed by atoms with Crippen LogP contribution in [-0.2, 0) is 11.3 Å². The molecule has 4 heteroatoms. The molecule has 0 aliphatic rings. The summed E-state index contributed by atoms with van der Waals surface area (Å²) in [6.45, 7) is 0.717. The van der Waals surface area contributed by atoms with Crippen LogP contribution in [0.15, 0.2) is 18.7 Å². The lowest BCUT2D eigenvalue weighted by atomic mass is 10.2. The van der Waals surface area contributed by atoms with E-state index >= 15 is 0 Å². The SMILES string of the molecule is O=CC(F)CCCn1ccnc1. The standard InChI is InChI=1S/C8H11FN2O/c9-8(6-12)2-1-4-11-5-3-10-7-11/h3,5-8H,1-2,4H2. The maximum absolute atomic E-state index is 12.4. The van der Waals surface area contributed by atoms with Crippen LogP contribution >= 0.6 is 0 Å². The molecule has 1 aromatic heterocycles. The maximum Gasteiger partial charge on any atom is 0.155 e. The van der Waals surface area contributed by atoms with Crippen LogP contribution in [0.3, 0.4) is 0 Å². The van der Waals surface area contributed by atoms with Crippen LogP contribution in [0.1, 0.15) is 12.8 Å². The number of carbonyl (C=O) groups is 1. The highest BCUT2D eigenvalue weighted by molar-refractivity contribution is 5.55. The first-order chi connectivity index (χ1) is 5.83. The maximum atomic E-state index is 12.4. The zero-order valence-corrected chi connectivity index (χ0v) is 6.69. The van der Waals surface area contributed by atoms with Crippen molar-refractivity contribution in [3.8, 4) is 0 Å². The highest BCUT2D eigenvalue weighted by Crippen LogP contribution is 2.01. The second-order valence-electron chi connectivity index (χ2n) is 2.59. The molecular weight excluding hydrogens is 159 g/mol. The largest absolute Gasteiger partial charge is 0.337 e. The fraction of sp³-hybridized carbons (Fsp3) is 0.500. The van der Waals surface area contributed by atoms with Gasteiger partial charge in [0, 0.05) is 18.9 Å². The zero-order chi connectivity index (χ0) is 8.81. The summed E-state index contributed by atoms with van der Waals surface area (Å²) in [4.78, 5) is 13.7. The van der Waals surface area contributed by atoms with E-state index < -0.39 is 6.17 Å². The Hall–Kier alpha value is -1.19. The highest BCUT2D eigenvalue weighted by Gasteiger charge is 2.02. The van der Waals surface area contributed by atoms with E-state index in [1.54, 1.807) is 12.5 Å². The van der Waals surface area contributed by atoms with Crippen molar-refractivity contribution in [1.29, 1.82) is 0 Å². The smallest absolute Gasteiger partial charge is 0.155 e. The quantitative estimate of drug-likeness (QED) is 0.622. The number of alkyl halides is 1. The van der Waals surface area contributed by atoms with E-state index in [0.29, 0.717) is 25.7 Å². The van der Waals surface area contributed by atoms with Crippen LogP contribution < -0.4 is 0 Å². The molecule has 12 heavy (non-hydrogen) atoms. The molecule has 1 heterocycles. The molecule has 0 amide bonds. The molecule has 1 aromatic rings. The van der Waals surface area contributed by atoms with Crippen LogP contribution in [-0.4, -0.2) is 22.0 Å². The molecular formula is C8H11FN2O. The van der Waals surface area contributed by atoms with Gasteiger partial charge in [0.15, 0.2) is 12.5 Å². The van der Waals surface area contributed by atoms with E-state index in [1.807, 2.05) is 10.8 Å². The number of hydrogen-bond acceptors (Lipinski definition) is 2. The van der Waals surface area contributed by atoms with Crippen LogP contribution in [0.5, 0.6) is 0 Å². The normalized spacial score (nSPS) is 12.8. The zero-order valence-electron chi connectivity index (χ0n) is 6.69. The Morgan fingerprint density at radius 3 is 3.08 bits per heavy atom. The fourth-order valence-electron chi connectivity index (χ4n) is 0.956. The van der Waals surface area contributed by atoms with Crippen molar-refractivity contribution in [3.63, 3.8) is 0 Å². The second kappa shape index (κ2) is 4.64. The van der Waals surface area contributed by atoms with Crippen molar-refractivity contribution < 1.29 is 9.18 Å². The molecule has 1 rings (SSSR count). The Labute approximate surface area is 70.2 Å². The van der Waals surface area contributed by atoms with Gasteiger partial charge in [-0.15, -0.1) is 0 Å². The number of imidazole rings is 1. The van der Waals surface area contributed by atoms with Gasteiger partial charge >= 0.3 is 0 Å². The first kappa shape index (κ1) is 8.90. The first-order valence-electron chi connectivity index (χ1n) is 3.88. The molecule has 1 atom stereocenters. The summed E-state index contributed by atoms with van der Waals surface area (Å²) in [7, 11) is 0. The van der Waals surface area contributed by atoms with Crippen LogP contribution in [0.25, 0.3) is 0 Å². The molecule has 0 fully saturated rings. The van der Waals surface area contributed by atoms with Crippen molar-refractivity contribution in [3.05, 3.63) is 18.7 Å². The van der Waals surface area contributed by atoms with Gasteiger partial charge in [-0.1, -0.05) is 0 Å². The minimum atomic E-state index is -1.31. The summed E-state index contributed by atoms with van der Waals surface area (Å²) in [6.07, 6.45) is 5.15. The molecule has 0 bridgehead atoms. The Kier molecular flexibility index (Phi) is 3.44. The summed E-state index contributed by atoms with van der Waals surface area (Å²) in [5.41, 5.74) is 0. The van der Waals surface area contributed by atoms with Gasteiger partial charge in [0.1, 0.15) is 0 Å². The molecule has 3 nitrogen and oxygen atoms in total. The lowest BCUT2D eigenvalue weighted by molar-refractivity contribution is -0.112. The van der Waals surface area contributed by atoms with Gasteiger partial charge in [-0.25, -0.2) is 9.37 Å². The number of nitrogens with zero attached hydrogens (tertiary/aromatic N) is 2. The van der Waals surface area contributed by atoms with Crippen molar-refractivity contribution >= 4 is 6.29 Å². The topological polar surface area (TPSA) is 34.9 Å². The predicted molar refractivity (Wildman–Crippen MR) is 42.4 cm³/mol. The summed E-state index contributed by atoms with van der Waals surface area (Å²) >= 11 is 0. The van der Waals surface area contributed by atoms with E-state index in [9.17, 15) is 9.18 Å². The molecule has 0 aromatic carbocycles. The Morgan fingerprint density at radius 1 is 1.67 bits per heavy atom. The van der Waals surface area contributed by atoms with Gasteiger partial charge < -0.3 is 9.36 Å². The summed E-state index contributed by atoms with van der Waals surface area (Å²) < 4.78 is 14.2. The van der Waals surface area contributed by atoms with Crippen LogP contribution in [0.4, 0.5) is 4.39 Å². The van der Waals surface area contributed by atoms with Crippen molar-refractivity contribution in [2.45, 2.75) is 25.6 Å². The van der Waals surface area contributed by atoms with Crippen molar-refractivity contribution in [2.24, 2.45) is 0 Å². The lowest BCUT2D eigenvalue weighted by Gasteiger charge is -2.01. The summed E-state index contributed by atoms with van der Waals surface area (Å²) in [6, 6.07) is 0. The third-order valence-electron chi connectivity index (χ3n) is 1.60. The molecule has 0 N–H and O–H groups in total. The van der Waals surface area contributed by atoms with Crippen molar-refractivity contribution in [2.75, 3.05) is 0 Å². The van der Waals surface area contributed by atoms with Gasteiger partial charge in [-0.2, -0.15) is 0 Å². The van der Waals surface area contributed by atoms with Gasteiger partial charge in [-0.3, -0.25) is 0 Å². The molecule has 0 saturated heterocycles. The molecule has 0 radical (unpaired) electrons. The third kappa shape index (κ3) is 2.82. The van der Waals surface area contributed by atoms with Crippen LogP contribution in [0, 0.1) is 0 Å². The van der Waals surface area contributed by atoms with Gasteiger partial charge in [0.2, 0.25) is 0 Å². The van der Waals surface area contributed by atoms with E-state index in [-0.39, 0.29) is 0 Å². The number of carbonyl (C=O) groups excluding carboxylic acids is 1. The average Bonchev–Trinajstić information content (AvgIpc) is 2.57. The number of hydrogen-bond donors (Lipinski definition) is 0. The Bertz CT molecular complexity index is 223. The molecule has 1 unspecified atom stereocenters. The first-order valence-corrected chi connectivity index (χ1v) is 3.88. The fourth-order valence-corrected chi connectivity index (χ4v) is 0.956. The molecule has 0 aliphatic carbocycles. The average molecular weight is 170 g/mol. The predicted octanol–water partition coefficient (Wildman–Crippen LogP) is 1.20. The number of aldehydes is 1. The summed E-state index contributed by atoms with van der Waals surface area (Å²) in [5.74, 6) is 0. The van der Waals surface area contributed by atoms with Crippen LogP contribution in [0.2, 0.25) is 0 Å². The Balaban J connectivity index is 2.15. The summed E-state index contributed by atoms with van der Waals surface area (Å²) in [5, 5.41) is 0. The molecule has 0 aliphatic heterocycles. The minimum Gasteiger partial charge on any atom is -0.337 e. The Morgan fingerprint density at radius 2 is 2.50 bits per heavy atom. The number of aromatic nitrogens is 2. The van der Waals surface area contributed by atoms with Gasteiger partial charge in [0.25, 0.3) is 0 Å². The number of halogens is 1. The van der Waals surface area contributed by atoms with Crippen molar-refractivity contribution in [1.82, 2.24) is 9.55 Å². The van der Waals surface area contributed by atoms with E-state index in [0.717, 1.165) is 0 Å². The molecule has 66 valence electrons. The van der Waals surface area contributed by atoms with E-state index in [1.165, 1.54) is 0 Å². The number of aryl methyl sites for hydroxylation is 1. The highest BCUT2D eigenvalue weighted by atomic mass is 19.1. The second-order valence-corrected chi connectivity index (χ2v) is 2.59. The number of rotatable bonds is 5. The lowest BCUT2D eigenvalue weighted by Crippen LogP contribution is -2.03. The monoisotopic (exact) mass is 170 g/mol. The third-order valence-corrected chi connectivity index (χ3v) is 1.60. The minimum absolute atomic E-state index is 0.293. The van der Waals surface area contributed by atoms with E-state index in [4.69, 9.17) is 0 Å². The molecule has 0 saturated carbocycles. The van der Waals surface area contributed by atoms with E-state index in [2.05, 4.69) is 4.98 Å². The van der Waals surface area contributed by atoms with Gasteiger partial charge in [-0.05, 0) is 12.8 Å². The molecule has 0 spiro atoms. The van der Waals surface area contributed by atoms with Gasteiger partial charge in [0.05, 0.1) is 6.33 Å².